The maximum Gasteiger partial charge on any atom is 0.335 e. The third-order valence-corrected chi connectivity index (χ3v) is 4.14. The molecule has 0 aliphatic carbocycles. The lowest BCUT2D eigenvalue weighted by Gasteiger charge is -2.07. The quantitative estimate of drug-likeness (QED) is 0.427. The minimum Gasteiger partial charge on any atom is -0.494 e. The number of ether oxygens (including phenoxy) is 2. The Labute approximate surface area is 159 Å². The van der Waals surface area contributed by atoms with E-state index in [1.807, 2.05) is 30.3 Å². The van der Waals surface area contributed by atoms with Crippen molar-refractivity contribution in [2.24, 2.45) is 0 Å². The Morgan fingerprint density at radius 1 is 0.815 bits per heavy atom. The molecule has 0 unspecified atom stereocenters. The van der Waals surface area contributed by atoms with E-state index in [2.05, 4.69) is 0 Å². The molecular formula is C22H26O5. The number of esters is 1. The van der Waals surface area contributed by atoms with Crippen molar-refractivity contribution in [1.82, 2.24) is 0 Å². The molecule has 2 aromatic carbocycles. The fourth-order valence-electron chi connectivity index (χ4n) is 2.60. The van der Waals surface area contributed by atoms with Crippen LogP contribution in [0.4, 0.5) is 0 Å². The number of aromatic carboxylic acids is 1. The zero-order valence-electron chi connectivity index (χ0n) is 15.4. The van der Waals surface area contributed by atoms with Crippen molar-refractivity contribution < 1.29 is 24.2 Å². The number of unbranched alkanes of at least 4 members (excludes halogenated alkanes) is 4. The summed E-state index contributed by atoms with van der Waals surface area (Å²) < 4.78 is 10.8. The maximum atomic E-state index is 11.7. The number of benzene rings is 2. The van der Waals surface area contributed by atoms with Crippen molar-refractivity contribution >= 4 is 11.9 Å². The van der Waals surface area contributed by atoms with E-state index < -0.39 is 5.97 Å². The Bertz CT molecular complexity index is 694. The molecule has 0 fully saturated rings. The summed E-state index contributed by atoms with van der Waals surface area (Å²) in [6.45, 7) is 0.940. The summed E-state index contributed by atoms with van der Waals surface area (Å²) >= 11 is 0. The molecule has 0 atom stereocenters. The molecule has 0 saturated carbocycles. The van der Waals surface area contributed by atoms with E-state index in [-0.39, 0.29) is 11.5 Å². The minimum absolute atomic E-state index is 0.146. The van der Waals surface area contributed by atoms with Gasteiger partial charge in [-0.3, -0.25) is 4.79 Å². The van der Waals surface area contributed by atoms with E-state index in [0.29, 0.717) is 25.4 Å². The molecule has 144 valence electrons. The number of rotatable bonds is 12. The smallest absolute Gasteiger partial charge is 0.335 e. The highest BCUT2D eigenvalue weighted by molar-refractivity contribution is 5.87. The first-order valence-electron chi connectivity index (χ1n) is 9.31. The molecule has 27 heavy (non-hydrogen) atoms. The molecule has 0 aromatic heterocycles. The van der Waals surface area contributed by atoms with Crippen LogP contribution in [0.1, 0.15) is 54.4 Å². The lowest BCUT2D eigenvalue weighted by Crippen LogP contribution is -2.04. The summed E-state index contributed by atoms with van der Waals surface area (Å²) in [6, 6.07) is 16.1. The van der Waals surface area contributed by atoms with Crippen LogP contribution in [0.5, 0.6) is 5.75 Å². The highest BCUT2D eigenvalue weighted by Gasteiger charge is 2.04. The molecule has 0 amide bonds. The van der Waals surface area contributed by atoms with E-state index in [1.165, 1.54) is 12.1 Å². The van der Waals surface area contributed by atoms with Gasteiger partial charge in [0.1, 0.15) is 12.4 Å². The van der Waals surface area contributed by atoms with Crippen LogP contribution in [0.25, 0.3) is 0 Å². The van der Waals surface area contributed by atoms with Crippen LogP contribution in [0, 0.1) is 0 Å². The molecule has 2 rings (SSSR count). The summed E-state index contributed by atoms with van der Waals surface area (Å²) in [5.74, 6) is -0.404. The minimum atomic E-state index is -0.939. The van der Waals surface area contributed by atoms with Gasteiger partial charge in [-0.2, -0.15) is 0 Å². The standard InChI is InChI=1S/C22H26O5/c23-21(27-17-18-9-5-4-6-10-18)11-7-2-1-3-8-16-26-20-14-12-19(13-15-20)22(24)25/h4-6,9-10,12-15H,1-3,7-8,11,16-17H2,(H,24,25). The maximum absolute atomic E-state index is 11.7. The van der Waals surface area contributed by atoms with Gasteiger partial charge in [0, 0.05) is 6.42 Å². The first-order valence-corrected chi connectivity index (χ1v) is 9.31. The first-order chi connectivity index (χ1) is 13.1. The van der Waals surface area contributed by atoms with E-state index in [1.54, 1.807) is 12.1 Å². The zero-order valence-corrected chi connectivity index (χ0v) is 15.4. The second-order valence-electron chi connectivity index (χ2n) is 6.34. The number of carboxylic acid groups (broad SMARTS) is 1. The van der Waals surface area contributed by atoms with Crippen LogP contribution in [-0.4, -0.2) is 23.7 Å². The van der Waals surface area contributed by atoms with E-state index in [0.717, 1.165) is 37.7 Å². The van der Waals surface area contributed by atoms with Crippen molar-refractivity contribution in [3.8, 4) is 5.75 Å². The summed E-state index contributed by atoms with van der Waals surface area (Å²) in [7, 11) is 0. The monoisotopic (exact) mass is 370 g/mol. The number of carboxylic acids is 1. The summed E-state index contributed by atoms with van der Waals surface area (Å²) in [5.41, 5.74) is 1.26. The Hall–Kier alpha value is -2.82. The third-order valence-electron chi connectivity index (χ3n) is 4.14. The van der Waals surface area contributed by atoms with E-state index >= 15 is 0 Å². The molecule has 5 nitrogen and oxygen atoms in total. The summed E-state index contributed by atoms with van der Waals surface area (Å²) in [5, 5.41) is 8.84. The Kier molecular flexibility index (Phi) is 8.90. The van der Waals surface area contributed by atoms with Crippen LogP contribution in [0.3, 0.4) is 0 Å². The van der Waals surface area contributed by atoms with Crippen LogP contribution >= 0.6 is 0 Å². The van der Waals surface area contributed by atoms with Gasteiger partial charge in [0.15, 0.2) is 0 Å². The molecular weight excluding hydrogens is 344 g/mol. The summed E-state index contributed by atoms with van der Waals surface area (Å²) in [6.07, 6.45) is 5.30. The van der Waals surface area contributed by atoms with Gasteiger partial charge in [0.2, 0.25) is 0 Å². The normalized spacial score (nSPS) is 10.4. The second kappa shape index (κ2) is 11.7. The second-order valence-corrected chi connectivity index (χ2v) is 6.34. The van der Waals surface area contributed by atoms with Gasteiger partial charge >= 0.3 is 11.9 Å². The van der Waals surface area contributed by atoms with Crippen LogP contribution in [0.2, 0.25) is 0 Å². The van der Waals surface area contributed by atoms with E-state index in [4.69, 9.17) is 14.6 Å². The Balaban J connectivity index is 1.45. The predicted molar refractivity (Wildman–Crippen MR) is 103 cm³/mol. The third kappa shape index (κ3) is 8.40. The zero-order chi connectivity index (χ0) is 19.3. The molecule has 0 bridgehead atoms. The lowest BCUT2D eigenvalue weighted by molar-refractivity contribution is -0.145. The van der Waals surface area contributed by atoms with Gasteiger partial charge in [-0.15, -0.1) is 0 Å². The largest absolute Gasteiger partial charge is 0.494 e. The van der Waals surface area contributed by atoms with Crippen LogP contribution < -0.4 is 4.74 Å². The average molecular weight is 370 g/mol. The first kappa shape index (κ1) is 20.5. The molecule has 1 N–H and O–H groups in total. The molecule has 0 heterocycles. The SMILES string of the molecule is O=C(CCCCCCCOc1ccc(C(=O)O)cc1)OCc1ccccc1. The predicted octanol–water partition coefficient (Wildman–Crippen LogP) is 4.85. The molecule has 5 heteroatoms. The number of carbonyl (C=O) groups is 2. The van der Waals surface area contributed by atoms with Crippen molar-refractivity contribution in [3.63, 3.8) is 0 Å². The van der Waals surface area contributed by atoms with Gasteiger partial charge in [-0.25, -0.2) is 4.79 Å². The van der Waals surface area contributed by atoms with Crippen LogP contribution in [0.15, 0.2) is 54.6 Å². The highest BCUT2D eigenvalue weighted by Crippen LogP contribution is 2.13. The fourth-order valence-corrected chi connectivity index (χ4v) is 2.60. The number of hydrogen-bond acceptors (Lipinski definition) is 4. The Morgan fingerprint density at radius 3 is 2.19 bits per heavy atom. The van der Waals surface area contributed by atoms with Crippen LogP contribution in [-0.2, 0) is 16.1 Å². The van der Waals surface area contributed by atoms with Gasteiger partial charge in [0.05, 0.1) is 12.2 Å². The highest BCUT2D eigenvalue weighted by atomic mass is 16.5. The van der Waals surface area contributed by atoms with Crippen molar-refractivity contribution in [2.75, 3.05) is 6.61 Å². The van der Waals surface area contributed by atoms with E-state index in [9.17, 15) is 9.59 Å². The van der Waals surface area contributed by atoms with Gasteiger partial charge < -0.3 is 14.6 Å². The molecule has 0 aliphatic heterocycles. The molecule has 0 spiro atoms. The number of hydrogen-bond donors (Lipinski definition) is 1. The number of carbonyl (C=O) groups excluding carboxylic acids is 1. The summed E-state index contributed by atoms with van der Waals surface area (Å²) in [4.78, 5) is 22.5. The molecule has 0 radical (unpaired) electrons. The fraction of sp³-hybridized carbons (Fsp3) is 0.364. The molecule has 0 saturated heterocycles. The van der Waals surface area contributed by atoms with Gasteiger partial charge in [-0.1, -0.05) is 49.6 Å². The average Bonchev–Trinajstić information content (AvgIpc) is 2.69. The lowest BCUT2D eigenvalue weighted by atomic mass is 10.1. The topological polar surface area (TPSA) is 72.8 Å². The van der Waals surface area contributed by atoms with Crippen molar-refractivity contribution in [1.29, 1.82) is 0 Å². The van der Waals surface area contributed by atoms with Gasteiger partial charge in [-0.05, 0) is 42.7 Å². The van der Waals surface area contributed by atoms with Crippen molar-refractivity contribution in [3.05, 3.63) is 65.7 Å². The molecule has 2 aromatic rings. The Morgan fingerprint density at radius 2 is 1.48 bits per heavy atom. The van der Waals surface area contributed by atoms with Crippen molar-refractivity contribution in [2.45, 2.75) is 45.1 Å². The molecule has 0 aliphatic rings. The van der Waals surface area contributed by atoms with Gasteiger partial charge in [0.25, 0.3) is 0 Å².